The van der Waals surface area contributed by atoms with Crippen LogP contribution in [0.2, 0.25) is 5.02 Å². The molecule has 0 aromatic heterocycles. The molecule has 0 aliphatic heterocycles. The van der Waals surface area contributed by atoms with Crippen LogP contribution < -0.4 is 5.32 Å². The average Bonchev–Trinajstić information content (AvgIpc) is 3.21. The second kappa shape index (κ2) is 7.04. The number of benzene rings is 1. The third-order valence-electron chi connectivity index (χ3n) is 3.17. The summed E-state index contributed by atoms with van der Waals surface area (Å²) in [6.45, 7) is 1.52. The van der Waals surface area contributed by atoms with Gasteiger partial charge in [0.2, 0.25) is 5.78 Å². The predicted molar refractivity (Wildman–Crippen MR) is 76.9 cm³/mol. The summed E-state index contributed by atoms with van der Waals surface area (Å²) in [5, 5.41) is 1.70. The van der Waals surface area contributed by atoms with Gasteiger partial charge in [0, 0.05) is 12.6 Å². The first-order valence-corrected chi connectivity index (χ1v) is 7.20. The van der Waals surface area contributed by atoms with E-state index in [0.717, 1.165) is 18.3 Å². The maximum absolute atomic E-state index is 13.9. The lowest BCUT2D eigenvalue weighted by Gasteiger charge is -2.09. The average molecular weight is 348 g/mol. The fourth-order valence-electron chi connectivity index (χ4n) is 1.80. The fraction of sp³-hybridized carbons (Fsp3) is 0.333. The minimum absolute atomic E-state index is 0.00866. The van der Waals surface area contributed by atoms with Crippen LogP contribution in [0.3, 0.4) is 0 Å². The zero-order valence-electron chi connectivity index (χ0n) is 12.0. The molecule has 1 aromatic carbocycles. The highest BCUT2D eigenvalue weighted by molar-refractivity contribution is 6.32. The minimum atomic E-state index is -1.28. The molecule has 1 aliphatic rings. The van der Waals surface area contributed by atoms with Gasteiger partial charge in [-0.1, -0.05) is 11.6 Å². The van der Waals surface area contributed by atoms with Crippen molar-refractivity contribution in [2.45, 2.75) is 25.6 Å². The van der Waals surface area contributed by atoms with Gasteiger partial charge in [0.1, 0.15) is 22.6 Å². The smallest absolute Gasteiger partial charge is 0.343 e. The van der Waals surface area contributed by atoms with Crippen molar-refractivity contribution in [3.8, 4) is 0 Å². The van der Waals surface area contributed by atoms with Crippen molar-refractivity contribution < 1.29 is 27.5 Å². The number of rotatable bonds is 6. The molecule has 0 bridgehead atoms. The number of Topliss-reactive ketones (excluding diaryl/α,β-unsaturated/α-hetero) is 1. The Kier molecular flexibility index (Phi) is 5.30. The topological polar surface area (TPSA) is 55.4 Å². The van der Waals surface area contributed by atoms with E-state index in [1.807, 2.05) is 0 Å². The first-order valence-electron chi connectivity index (χ1n) is 6.82. The third kappa shape index (κ3) is 3.85. The molecule has 1 aliphatic carbocycles. The van der Waals surface area contributed by atoms with Crippen LogP contribution in [0.25, 0.3) is 0 Å². The van der Waals surface area contributed by atoms with Crippen molar-refractivity contribution in [1.82, 2.24) is 5.32 Å². The first kappa shape index (κ1) is 17.3. The number of hydrogen-bond donors (Lipinski definition) is 1. The molecule has 124 valence electrons. The number of carbonyl (C=O) groups is 2. The number of ether oxygens (including phenoxy) is 1. The predicted octanol–water partition coefficient (Wildman–Crippen LogP) is 2.95. The zero-order chi connectivity index (χ0) is 17.1. The van der Waals surface area contributed by atoms with Gasteiger partial charge in [-0.3, -0.25) is 4.79 Å². The number of alkyl halides is 1. The maximum atomic E-state index is 13.9. The summed E-state index contributed by atoms with van der Waals surface area (Å²) in [7, 11) is 0. The first-order chi connectivity index (χ1) is 10.9. The fourth-order valence-corrected chi connectivity index (χ4v) is 1.96. The molecule has 0 saturated heterocycles. The zero-order valence-corrected chi connectivity index (χ0v) is 12.8. The van der Waals surface area contributed by atoms with Crippen LogP contribution in [-0.4, -0.2) is 30.6 Å². The molecule has 0 amide bonds. The molecule has 0 radical (unpaired) electrons. The molecule has 8 heteroatoms. The van der Waals surface area contributed by atoms with Gasteiger partial charge in [-0.25, -0.2) is 18.0 Å². The SMILES string of the molecule is CCOC(=O)C(=CN[C@@H]1C[C@H]1F)C(=O)c1ccc(F)c(Cl)c1F. The van der Waals surface area contributed by atoms with Crippen molar-refractivity contribution in [3.05, 3.63) is 46.1 Å². The molecular formula is C15H13ClF3NO3. The van der Waals surface area contributed by atoms with Crippen molar-refractivity contribution in [1.29, 1.82) is 0 Å². The van der Waals surface area contributed by atoms with Gasteiger partial charge in [-0.15, -0.1) is 0 Å². The molecular weight excluding hydrogens is 335 g/mol. The molecule has 0 spiro atoms. The van der Waals surface area contributed by atoms with Crippen molar-refractivity contribution in [2.24, 2.45) is 0 Å². The standard InChI is InChI=1S/C15H13ClF3NO3/c1-2-23-15(22)8(6-20-11-5-10(11)18)14(21)7-3-4-9(17)12(16)13(7)19/h3-4,6,10-11,20H,2,5H2,1H3/t10-,11-/m1/s1. The molecule has 2 rings (SSSR count). The van der Waals surface area contributed by atoms with Crippen LogP contribution in [0.5, 0.6) is 0 Å². The van der Waals surface area contributed by atoms with Crippen LogP contribution in [0.15, 0.2) is 23.9 Å². The van der Waals surface area contributed by atoms with E-state index in [2.05, 4.69) is 5.32 Å². The molecule has 1 N–H and O–H groups in total. The van der Waals surface area contributed by atoms with Gasteiger partial charge in [0.25, 0.3) is 0 Å². The second-order valence-electron chi connectivity index (χ2n) is 4.86. The van der Waals surface area contributed by atoms with E-state index < -0.39 is 51.8 Å². The Morgan fingerprint density at radius 3 is 2.65 bits per heavy atom. The number of esters is 1. The summed E-state index contributed by atoms with van der Waals surface area (Å²) in [6.07, 6.45) is 0.167. The van der Waals surface area contributed by atoms with Crippen LogP contribution in [0.4, 0.5) is 13.2 Å². The second-order valence-corrected chi connectivity index (χ2v) is 5.23. The van der Waals surface area contributed by atoms with Gasteiger partial charge < -0.3 is 10.1 Å². The van der Waals surface area contributed by atoms with E-state index in [4.69, 9.17) is 16.3 Å². The van der Waals surface area contributed by atoms with Gasteiger partial charge in [0.05, 0.1) is 18.2 Å². The molecule has 1 aromatic rings. The van der Waals surface area contributed by atoms with Crippen LogP contribution in [0, 0.1) is 11.6 Å². The van der Waals surface area contributed by atoms with Crippen LogP contribution in [0.1, 0.15) is 23.7 Å². The maximum Gasteiger partial charge on any atom is 0.343 e. The van der Waals surface area contributed by atoms with Gasteiger partial charge in [-0.05, 0) is 19.1 Å². The highest BCUT2D eigenvalue weighted by atomic mass is 35.5. The summed E-state index contributed by atoms with van der Waals surface area (Å²) >= 11 is 5.43. The Morgan fingerprint density at radius 2 is 2.09 bits per heavy atom. The van der Waals surface area contributed by atoms with E-state index in [-0.39, 0.29) is 13.0 Å². The number of nitrogens with one attached hydrogen (secondary N) is 1. The summed E-state index contributed by atoms with van der Waals surface area (Å²) in [5.41, 5.74) is -1.10. The Balaban J connectivity index is 2.32. The molecule has 0 heterocycles. The normalized spacial score (nSPS) is 20.1. The van der Waals surface area contributed by atoms with Gasteiger partial charge in [-0.2, -0.15) is 0 Å². The van der Waals surface area contributed by atoms with Crippen molar-refractivity contribution >= 4 is 23.4 Å². The summed E-state index contributed by atoms with van der Waals surface area (Å²) in [6, 6.07) is 1.18. The van der Waals surface area contributed by atoms with Gasteiger partial charge >= 0.3 is 5.97 Å². The molecule has 2 atom stereocenters. The van der Waals surface area contributed by atoms with E-state index >= 15 is 0 Å². The van der Waals surface area contributed by atoms with Gasteiger partial charge in [0.15, 0.2) is 5.82 Å². The highest BCUT2D eigenvalue weighted by Gasteiger charge is 2.37. The highest BCUT2D eigenvalue weighted by Crippen LogP contribution is 2.26. The molecule has 1 fully saturated rings. The summed E-state index contributed by atoms with van der Waals surface area (Å²) in [5.74, 6) is -4.34. The lowest BCUT2D eigenvalue weighted by Crippen LogP contribution is -2.22. The summed E-state index contributed by atoms with van der Waals surface area (Å²) in [4.78, 5) is 24.2. The van der Waals surface area contributed by atoms with Crippen molar-refractivity contribution in [3.63, 3.8) is 0 Å². The van der Waals surface area contributed by atoms with Crippen molar-refractivity contribution in [2.75, 3.05) is 6.61 Å². The van der Waals surface area contributed by atoms with E-state index in [1.165, 1.54) is 6.92 Å². The molecule has 4 nitrogen and oxygen atoms in total. The van der Waals surface area contributed by atoms with E-state index in [9.17, 15) is 22.8 Å². The molecule has 0 unspecified atom stereocenters. The Hall–Kier alpha value is -2.02. The lowest BCUT2D eigenvalue weighted by atomic mass is 10.0. The number of ketones is 1. The molecule has 1 saturated carbocycles. The van der Waals surface area contributed by atoms with Crippen LogP contribution >= 0.6 is 11.6 Å². The lowest BCUT2D eigenvalue weighted by molar-refractivity contribution is -0.138. The van der Waals surface area contributed by atoms with Crippen LogP contribution in [-0.2, 0) is 9.53 Å². The number of carbonyl (C=O) groups excluding carboxylic acids is 2. The number of halogens is 4. The number of hydrogen-bond acceptors (Lipinski definition) is 4. The Labute approximate surface area is 135 Å². The summed E-state index contributed by atoms with van der Waals surface area (Å²) < 4.78 is 44.7. The monoisotopic (exact) mass is 347 g/mol. The third-order valence-corrected chi connectivity index (χ3v) is 3.52. The minimum Gasteiger partial charge on any atom is -0.462 e. The Bertz CT molecular complexity index is 678. The Morgan fingerprint density at radius 1 is 1.43 bits per heavy atom. The molecule has 23 heavy (non-hydrogen) atoms. The largest absolute Gasteiger partial charge is 0.462 e. The van der Waals surface area contributed by atoms with E-state index in [1.54, 1.807) is 0 Å². The quantitative estimate of drug-likeness (QED) is 0.215. The van der Waals surface area contributed by atoms with E-state index in [0.29, 0.717) is 0 Å².